The van der Waals surface area contributed by atoms with Crippen molar-refractivity contribution in [1.82, 2.24) is 5.32 Å². The Kier molecular flexibility index (Phi) is 7.78. The van der Waals surface area contributed by atoms with Crippen LogP contribution < -0.4 is 15.4 Å². The van der Waals surface area contributed by atoms with Gasteiger partial charge in [0.2, 0.25) is 5.91 Å². The van der Waals surface area contributed by atoms with E-state index in [1.165, 1.54) is 7.11 Å². The van der Waals surface area contributed by atoms with Crippen LogP contribution in [0.15, 0.2) is 48.5 Å². The van der Waals surface area contributed by atoms with Gasteiger partial charge in [0.15, 0.2) is 0 Å². The fourth-order valence-corrected chi connectivity index (χ4v) is 3.39. The topological polar surface area (TPSA) is 102 Å². The van der Waals surface area contributed by atoms with Crippen molar-refractivity contribution in [2.24, 2.45) is 0 Å². The first-order valence-corrected chi connectivity index (χ1v) is 11.3. The van der Waals surface area contributed by atoms with Crippen LogP contribution >= 0.6 is 0 Å². The number of methoxy groups -OCH3 is 1. The van der Waals surface area contributed by atoms with Crippen molar-refractivity contribution < 1.29 is 22.7 Å². The summed E-state index contributed by atoms with van der Waals surface area (Å²) in [6.45, 7) is 2.03. The van der Waals surface area contributed by atoms with E-state index in [1.807, 2.05) is 19.1 Å². The van der Waals surface area contributed by atoms with Gasteiger partial charge in [-0.05, 0) is 42.7 Å². The first-order valence-electron chi connectivity index (χ1n) is 9.25. The second-order valence-electron chi connectivity index (χ2n) is 6.68. The molecule has 0 aliphatic carbocycles. The maximum atomic E-state index is 12.8. The van der Waals surface area contributed by atoms with Gasteiger partial charge in [0.1, 0.15) is 21.6 Å². The van der Waals surface area contributed by atoms with Gasteiger partial charge >= 0.3 is 0 Å². The molecular weight excluding hydrogens is 392 g/mol. The predicted molar refractivity (Wildman–Crippen MR) is 113 cm³/mol. The summed E-state index contributed by atoms with van der Waals surface area (Å²) in [6, 6.07) is 12.9. The molecule has 0 aromatic heterocycles. The number of hydrogen-bond donors (Lipinski definition) is 2. The molecule has 29 heavy (non-hydrogen) atoms. The Bertz CT molecular complexity index is 955. The van der Waals surface area contributed by atoms with Crippen LogP contribution in [0.25, 0.3) is 0 Å². The zero-order valence-corrected chi connectivity index (χ0v) is 17.6. The van der Waals surface area contributed by atoms with E-state index in [1.54, 1.807) is 36.4 Å². The lowest BCUT2D eigenvalue weighted by molar-refractivity contribution is -0.118. The number of amides is 2. The van der Waals surface area contributed by atoms with Crippen LogP contribution in [0, 0.1) is 0 Å². The molecule has 2 N–H and O–H groups in total. The van der Waals surface area contributed by atoms with E-state index in [-0.39, 0.29) is 17.7 Å². The number of rotatable bonds is 9. The zero-order valence-electron chi connectivity index (χ0n) is 16.8. The van der Waals surface area contributed by atoms with Crippen LogP contribution in [0.1, 0.15) is 29.3 Å². The molecular formula is C21H26N2O5S. The van der Waals surface area contributed by atoms with E-state index in [9.17, 15) is 18.0 Å². The molecule has 1 atom stereocenters. The van der Waals surface area contributed by atoms with Crippen LogP contribution in [0.4, 0.5) is 5.69 Å². The molecule has 156 valence electrons. The van der Waals surface area contributed by atoms with Gasteiger partial charge < -0.3 is 15.4 Å². The lowest BCUT2D eigenvalue weighted by atomic mass is 10.1. The molecule has 0 bridgehead atoms. The molecule has 0 aliphatic heterocycles. The van der Waals surface area contributed by atoms with Gasteiger partial charge in [-0.2, -0.15) is 0 Å². The summed E-state index contributed by atoms with van der Waals surface area (Å²) in [5, 5.41) is 5.36. The molecule has 8 heteroatoms. The largest absolute Gasteiger partial charge is 0.496 e. The van der Waals surface area contributed by atoms with Gasteiger partial charge in [0.25, 0.3) is 5.91 Å². The average Bonchev–Trinajstić information content (AvgIpc) is 2.70. The summed E-state index contributed by atoms with van der Waals surface area (Å²) < 4.78 is 28.3. The molecule has 2 aromatic carbocycles. The minimum Gasteiger partial charge on any atom is -0.496 e. The number of benzene rings is 2. The molecule has 0 fully saturated rings. The molecule has 0 radical (unpaired) electrons. The van der Waals surface area contributed by atoms with Gasteiger partial charge in [-0.25, -0.2) is 8.42 Å². The van der Waals surface area contributed by atoms with Gasteiger partial charge in [-0.3, -0.25) is 9.59 Å². The van der Waals surface area contributed by atoms with Crippen LogP contribution in [-0.4, -0.2) is 45.4 Å². The number of aryl methyl sites for hydroxylation is 1. The maximum Gasteiger partial charge on any atom is 0.255 e. The summed E-state index contributed by atoms with van der Waals surface area (Å²) in [4.78, 5) is 25.4. The van der Waals surface area contributed by atoms with Crippen molar-refractivity contribution in [2.75, 3.05) is 24.4 Å². The lowest BCUT2D eigenvalue weighted by Gasteiger charge is -2.19. The Balaban J connectivity index is 2.18. The molecule has 7 nitrogen and oxygen atoms in total. The minimum atomic E-state index is -3.30. The Morgan fingerprint density at radius 2 is 1.72 bits per heavy atom. The maximum absolute atomic E-state index is 12.8. The SMILES string of the molecule is CCc1ccc(NC(=O)[C@@H](CCS(C)(=O)=O)NC(=O)c2ccccc2OC)cc1. The number of carbonyl (C=O) groups is 2. The molecule has 0 heterocycles. The summed E-state index contributed by atoms with van der Waals surface area (Å²) in [5.74, 6) is -0.868. The molecule has 0 aliphatic rings. The fourth-order valence-electron chi connectivity index (χ4n) is 2.72. The van der Waals surface area contributed by atoms with Crippen LogP contribution in [0.3, 0.4) is 0 Å². The van der Waals surface area contributed by atoms with Gasteiger partial charge in [-0.15, -0.1) is 0 Å². The lowest BCUT2D eigenvalue weighted by Crippen LogP contribution is -2.44. The highest BCUT2D eigenvalue weighted by atomic mass is 32.2. The van der Waals surface area contributed by atoms with Crippen LogP contribution in [0.2, 0.25) is 0 Å². The zero-order chi connectivity index (χ0) is 21.4. The molecule has 0 spiro atoms. The molecule has 0 saturated carbocycles. The Labute approximate surface area is 171 Å². The van der Waals surface area contributed by atoms with Gasteiger partial charge in [0.05, 0.1) is 18.4 Å². The monoisotopic (exact) mass is 418 g/mol. The van der Waals surface area contributed by atoms with E-state index in [2.05, 4.69) is 10.6 Å². The number of hydrogen-bond acceptors (Lipinski definition) is 5. The minimum absolute atomic E-state index is 0.0431. The number of anilines is 1. The smallest absolute Gasteiger partial charge is 0.255 e. The predicted octanol–water partition coefficient (Wildman–Crippen LogP) is 2.43. The Morgan fingerprint density at radius 3 is 2.31 bits per heavy atom. The van der Waals surface area contributed by atoms with Crippen molar-refractivity contribution in [2.45, 2.75) is 25.8 Å². The summed E-state index contributed by atoms with van der Waals surface area (Å²) in [6.07, 6.45) is 1.92. The third-order valence-corrected chi connectivity index (χ3v) is 5.36. The van der Waals surface area contributed by atoms with Crippen LogP contribution in [0.5, 0.6) is 5.75 Å². The first-order chi connectivity index (χ1) is 13.7. The second-order valence-corrected chi connectivity index (χ2v) is 8.94. The average molecular weight is 419 g/mol. The highest BCUT2D eigenvalue weighted by Crippen LogP contribution is 2.18. The molecule has 0 saturated heterocycles. The van der Waals surface area contributed by atoms with Crippen molar-refractivity contribution in [3.05, 3.63) is 59.7 Å². The molecule has 0 unspecified atom stereocenters. The van der Waals surface area contributed by atoms with E-state index in [0.717, 1.165) is 18.2 Å². The standard InChI is InChI=1S/C21H26N2O5S/c1-4-15-9-11-16(12-10-15)22-21(25)18(13-14-29(3,26)27)23-20(24)17-7-5-6-8-19(17)28-2/h5-12,18H,4,13-14H2,1-3H3,(H,22,25)(H,23,24)/t18-/m1/s1. The third-order valence-electron chi connectivity index (χ3n) is 4.38. The summed E-state index contributed by atoms with van der Waals surface area (Å²) in [5.41, 5.74) is 1.96. The fraction of sp³-hybridized carbons (Fsp3) is 0.333. The Hall–Kier alpha value is -2.87. The quantitative estimate of drug-likeness (QED) is 0.651. The molecule has 2 amide bonds. The number of para-hydroxylation sites is 1. The second kappa shape index (κ2) is 10.1. The first kappa shape index (κ1) is 22.4. The van der Waals surface area contributed by atoms with E-state index in [4.69, 9.17) is 4.74 Å². The van der Waals surface area contributed by atoms with Crippen molar-refractivity contribution in [1.29, 1.82) is 0 Å². The highest BCUT2D eigenvalue weighted by Gasteiger charge is 2.24. The molecule has 2 aromatic rings. The highest BCUT2D eigenvalue weighted by molar-refractivity contribution is 7.90. The Morgan fingerprint density at radius 1 is 1.07 bits per heavy atom. The normalized spacial score (nSPS) is 12.1. The summed E-state index contributed by atoms with van der Waals surface area (Å²) in [7, 11) is -1.86. The van der Waals surface area contributed by atoms with E-state index in [0.29, 0.717) is 11.4 Å². The van der Waals surface area contributed by atoms with Gasteiger partial charge in [-0.1, -0.05) is 31.2 Å². The molecule has 2 rings (SSSR count). The number of nitrogens with one attached hydrogen (secondary N) is 2. The van der Waals surface area contributed by atoms with E-state index < -0.39 is 27.7 Å². The number of carbonyl (C=O) groups excluding carboxylic acids is 2. The van der Waals surface area contributed by atoms with Crippen LogP contribution in [-0.2, 0) is 21.1 Å². The van der Waals surface area contributed by atoms with E-state index >= 15 is 0 Å². The van der Waals surface area contributed by atoms with Crippen molar-refractivity contribution >= 4 is 27.3 Å². The van der Waals surface area contributed by atoms with Gasteiger partial charge in [0, 0.05) is 11.9 Å². The van der Waals surface area contributed by atoms with Crippen molar-refractivity contribution in [3.63, 3.8) is 0 Å². The number of ether oxygens (including phenoxy) is 1. The number of sulfone groups is 1. The van der Waals surface area contributed by atoms with Crippen molar-refractivity contribution in [3.8, 4) is 5.75 Å². The summed E-state index contributed by atoms with van der Waals surface area (Å²) >= 11 is 0. The third kappa shape index (κ3) is 6.90.